The first-order valence-corrected chi connectivity index (χ1v) is 4.48. The number of nitro groups is 1. The molecule has 16 heavy (non-hydrogen) atoms. The van der Waals surface area contributed by atoms with Gasteiger partial charge in [-0.05, 0) is 12.1 Å². The predicted molar refractivity (Wildman–Crippen MR) is 57.8 cm³/mol. The number of pyridine rings is 1. The first-order chi connectivity index (χ1) is 7.63. The average molecular weight is 220 g/mol. The Kier molecular flexibility index (Phi) is 2.32. The van der Waals surface area contributed by atoms with E-state index in [0.29, 0.717) is 16.7 Å². The van der Waals surface area contributed by atoms with Gasteiger partial charge in [-0.3, -0.25) is 14.9 Å². The fraction of sp³-hybridized carbons (Fsp3) is 0.100. The van der Waals surface area contributed by atoms with Crippen LogP contribution >= 0.6 is 0 Å². The number of benzene rings is 1. The number of nitrogens with zero attached hydrogens (tertiary/aromatic N) is 1. The summed E-state index contributed by atoms with van der Waals surface area (Å²) in [6.07, 6.45) is 0. The number of fused-ring (bicyclic) bond motifs is 1. The summed E-state index contributed by atoms with van der Waals surface area (Å²) in [5, 5.41) is 11.1. The SMILES string of the molecule is COc1ccc([N+](=O)[O-])c2ccc(=O)[nH]c12. The highest BCUT2D eigenvalue weighted by Crippen LogP contribution is 2.30. The zero-order chi connectivity index (χ0) is 11.7. The molecule has 2 aromatic rings. The molecule has 0 amide bonds. The van der Waals surface area contributed by atoms with Crippen molar-refractivity contribution in [2.24, 2.45) is 0 Å². The molecule has 0 bridgehead atoms. The summed E-state index contributed by atoms with van der Waals surface area (Å²) in [6.45, 7) is 0. The van der Waals surface area contributed by atoms with Gasteiger partial charge in [0.05, 0.1) is 22.9 Å². The molecule has 82 valence electrons. The molecule has 2 rings (SSSR count). The summed E-state index contributed by atoms with van der Waals surface area (Å²) < 4.78 is 5.02. The van der Waals surface area contributed by atoms with Crippen molar-refractivity contribution in [3.8, 4) is 5.75 Å². The lowest BCUT2D eigenvalue weighted by Crippen LogP contribution is -2.04. The van der Waals surface area contributed by atoms with E-state index in [0.717, 1.165) is 0 Å². The molecule has 0 spiro atoms. The molecule has 0 aliphatic heterocycles. The minimum absolute atomic E-state index is 0.0629. The Labute approximate surface area is 89.6 Å². The van der Waals surface area contributed by atoms with Crippen LogP contribution in [0, 0.1) is 10.1 Å². The number of hydrogen-bond acceptors (Lipinski definition) is 4. The zero-order valence-electron chi connectivity index (χ0n) is 8.39. The van der Waals surface area contributed by atoms with Crippen LogP contribution < -0.4 is 10.3 Å². The molecule has 1 aromatic heterocycles. The summed E-state index contributed by atoms with van der Waals surface area (Å²) in [5.41, 5.74) is -0.0532. The first kappa shape index (κ1) is 10.2. The maximum Gasteiger partial charge on any atom is 0.278 e. The molecule has 0 atom stereocenters. The maximum atomic E-state index is 11.2. The van der Waals surface area contributed by atoms with Crippen LogP contribution in [0.4, 0.5) is 5.69 Å². The Bertz CT molecular complexity index is 618. The van der Waals surface area contributed by atoms with E-state index in [1.165, 1.54) is 31.4 Å². The number of methoxy groups -OCH3 is 1. The van der Waals surface area contributed by atoms with Gasteiger partial charge in [0, 0.05) is 12.1 Å². The van der Waals surface area contributed by atoms with Crippen molar-refractivity contribution in [3.63, 3.8) is 0 Å². The van der Waals surface area contributed by atoms with Gasteiger partial charge >= 0.3 is 0 Å². The second-order valence-corrected chi connectivity index (χ2v) is 3.16. The molecular weight excluding hydrogens is 212 g/mol. The molecule has 0 saturated carbocycles. The Morgan fingerprint density at radius 2 is 2.06 bits per heavy atom. The number of nitrogens with one attached hydrogen (secondary N) is 1. The fourth-order valence-electron chi connectivity index (χ4n) is 1.54. The molecule has 0 unspecified atom stereocenters. The lowest BCUT2D eigenvalue weighted by molar-refractivity contribution is -0.383. The smallest absolute Gasteiger partial charge is 0.278 e. The van der Waals surface area contributed by atoms with Gasteiger partial charge < -0.3 is 9.72 Å². The van der Waals surface area contributed by atoms with E-state index in [-0.39, 0.29) is 11.2 Å². The number of H-pyrrole nitrogens is 1. The van der Waals surface area contributed by atoms with E-state index in [1.54, 1.807) is 0 Å². The van der Waals surface area contributed by atoms with Gasteiger partial charge in [0.25, 0.3) is 5.69 Å². The third-order valence-electron chi connectivity index (χ3n) is 2.25. The lowest BCUT2D eigenvalue weighted by Gasteiger charge is -2.04. The number of non-ortho nitro benzene ring substituents is 1. The van der Waals surface area contributed by atoms with Gasteiger partial charge in [0.15, 0.2) is 0 Å². The lowest BCUT2D eigenvalue weighted by atomic mass is 10.1. The van der Waals surface area contributed by atoms with Crippen molar-refractivity contribution < 1.29 is 9.66 Å². The van der Waals surface area contributed by atoms with E-state index in [4.69, 9.17) is 4.74 Å². The standard InChI is InChI=1S/C10H8N2O4/c1-16-8-4-3-7(12(14)15)6-2-5-9(13)11-10(6)8/h2-5H,1H3,(H,11,13). The molecule has 6 nitrogen and oxygen atoms in total. The summed E-state index contributed by atoms with van der Waals surface area (Å²) >= 11 is 0. The second kappa shape index (κ2) is 3.65. The second-order valence-electron chi connectivity index (χ2n) is 3.16. The monoisotopic (exact) mass is 220 g/mol. The summed E-state index contributed by atoms with van der Waals surface area (Å²) in [5.74, 6) is 0.401. The van der Waals surface area contributed by atoms with Gasteiger partial charge in [-0.15, -0.1) is 0 Å². The van der Waals surface area contributed by atoms with E-state index >= 15 is 0 Å². The van der Waals surface area contributed by atoms with Crippen molar-refractivity contribution in [1.29, 1.82) is 0 Å². The molecule has 0 aliphatic rings. The van der Waals surface area contributed by atoms with E-state index in [1.807, 2.05) is 0 Å². The molecule has 1 N–H and O–H groups in total. The minimum atomic E-state index is -0.500. The van der Waals surface area contributed by atoms with Crippen molar-refractivity contribution in [3.05, 3.63) is 44.7 Å². The highest BCUT2D eigenvalue weighted by Gasteiger charge is 2.14. The van der Waals surface area contributed by atoms with Gasteiger partial charge in [-0.2, -0.15) is 0 Å². The largest absolute Gasteiger partial charge is 0.495 e. The van der Waals surface area contributed by atoms with Crippen molar-refractivity contribution >= 4 is 16.6 Å². The van der Waals surface area contributed by atoms with E-state index < -0.39 is 4.92 Å². The predicted octanol–water partition coefficient (Wildman–Crippen LogP) is 1.44. The summed E-state index contributed by atoms with van der Waals surface area (Å²) in [6, 6.07) is 5.46. The Hall–Kier alpha value is -2.37. The third kappa shape index (κ3) is 1.50. The Morgan fingerprint density at radius 1 is 1.31 bits per heavy atom. The Balaban J connectivity index is 2.90. The molecule has 1 heterocycles. The van der Waals surface area contributed by atoms with Crippen molar-refractivity contribution in [2.75, 3.05) is 7.11 Å². The van der Waals surface area contributed by atoms with Gasteiger partial charge in [0.1, 0.15) is 5.75 Å². The third-order valence-corrected chi connectivity index (χ3v) is 2.25. The van der Waals surface area contributed by atoms with Crippen LogP contribution in [0.3, 0.4) is 0 Å². The molecule has 6 heteroatoms. The van der Waals surface area contributed by atoms with Crippen LogP contribution in [0.5, 0.6) is 5.75 Å². The first-order valence-electron chi connectivity index (χ1n) is 4.48. The maximum absolute atomic E-state index is 11.2. The number of rotatable bonds is 2. The fourth-order valence-corrected chi connectivity index (χ4v) is 1.54. The highest BCUT2D eigenvalue weighted by atomic mass is 16.6. The van der Waals surface area contributed by atoms with Gasteiger partial charge in [0.2, 0.25) is 5.56 Å². The van der Waals surface area contributed by atoms with Crippen molar-refractivity contribution in [1.82, 2.24) is 4.98 Å². The number of aromatic nitrogens is 1. The highest BCUT2D eigenvalue weighted by molar-refractivity contribution is 5.92. The van der Waals surface area contributed by atoms with Crippen LogP contribution in [0.2, 0.25) is 0 Å². The number of hydrogen-bond donors (Lipinski definition) is 1. The normalized spacial score (nSPS) is 10.3. The number of ether oxygens (including phenoxy) is 1. The topological polar surface area (TPSA) is 85.2 Å². The summed E-state index contributed by atoms with van der Waals surface area (Å²) in [4.78, 5) is 23.9. The van der Waals surface area contributed by atoms with E-state index in [9.17, 15) is 14.9 Å². The van der Waals surface area contributed by atoms with Crippen LogP contribution in [0.25, 0.3) is 10.9 Å². The molecule has 0 fully saturated rings. The Morgan fingerprint density at radius 3 is 2.69 bits per heavy atom. The van der Waals surface area contributed by atoms with Crippen LogP contribution in [-0.4, -0.2) is 17.0 Å². The van der Waals surface area contributed by atoms with Crippen LogP contribution in [0.15, 0.2) is 29.1 Å². The summed E-state index contributed by atoms with van der Waals surface area (Å²) in [7, 11) is 1.44. The van der Waals surface area contributed by atoms with Crippen LogP contribution in [-0.2, 0) is 0 Å². The number of nitro benzene ring substituents is 1. The zero-order valence-corrected chi connectivity index (χ0v) is 8.39. The molecule has 0 radical (unpaired) electrons. The average Bonchev–Trinajstić information content (AvgIpc) is 2.27. The minimum Gasteiger partial charge on any atom is -0.495 e. The van der Waals surface area contributed by atoms with E-state index in [2.05, 4.69) is 4.98 Å². The number of aromatic amines is 1. The van der Waals surface area contributed by atoms with Gasteiger partial charge in [-0.25, -0.2) is 0 Å². The van der Waals surface area contributed by atoms with Gasteiger partial charge in [-0.1, -0.05) is 0 Å². The molecule has 0 aliphatic carbocycles. The van der Waals surface area contributed by atoms with Crippen LogP contribution in [0.1, 0.15) is 0 Å². The van der Waals surface area contributed by atoms with Crippen molar-refractivity contribution in [2.45, 2.75) is 0 Å². The molecular formula is C10H8N2O4. The molecule has 0 saturated heterocycles. The molecule has 1 aromatic carbocycles. The quantitative estimate of drug-likeness (QED) is 0.613.